The first-order valence-corrected chi connectivity index (χ1v) is 11.3. The highest BCUT2D eigenvalue weighted by Crippen LogP contribution is 2.30. The van der Waals surface area contributed by atoms with Crippen molar-refractivity contribution in [2.24, 2.45) is 0 Å². The van der Waals surface area contributed by atoms with E-state index >= 15 is 0 Å². The highest BCUT2D eigenvalue weighted by molar-refractivity contribution is 5.77. The number of benzene rings is 2. The SMILES string of the molecule is CCc1ccc2occ(CN3CCc4nc(-c5ccc(C(F)(F)F)cc5)[nH]c(=O)c4C3)c(=O)c2c1. The molecule has 0 spiro atoms. The van der Waals surface area contributed by atoms with Gasteiger partial charge in [0.2, 0.25) is 0 Å². The number of fused-ring (bicyclic) bond motifs is 2. The third-order valence-corrected chi connectivity index (χ3v) is 6.34. The molecule has 1 N–H and O–H groups in total. The molecule has 0 saturated carbocycles. The number of hydrogen-bond acceptors (Lipinski definition) is 5. The van der Waals surface area contributed by atoms with Crippen molar-refractivity contribution in [3.63, 3.8) is 0 Å². The van der Waals surface area contributed by atoms with Gasteiger partial charge in [-0.2, -0.15) is 13.2 Å². The first-order chi connectivity index (χ1) is 16.7. The Morgan fingerprint density at radius 1 is 1.11 bits per heavy atom. The second-order valence-corrected chi connectivity index (χ2v) is 8.65. The predicted molar refractivity (Wildman–Crippen MR) is 125 cm³/mol. The number of H-pyrrole nitrogens is 1. The zero-order valence-corrected chi connectivity index (χ0v) is 18.9. The van der Waals surface area contributed by atoms with Crippen molar-refractivity contribution in [1.29, 1.82) is 0 Å². The minimum Gasteiger partial charge on any atom is -0.464 e. The molecule has 2 aromatic carbocycles. The maximum atomic E-state index is 13.0. The van der Waals surface area contributed by atoms with E-state index in [-0.39, 0.29) is 16.8 Å². The molecule has 6 nitrogen and oxygen atoms in total. The fourth-order valence-electron chi connectivity index (χ4n) is 4.36. The van der Waals surface area contributed by atoms with E-state index in [1.54, 1.807) is 6.07 Å². The number of halogens is 3. The summed E-state index contributed by atoms with van der Waals surface area (Å²) in [6.07, 6.45) is -1.67. The maximum Gasteiger partial charge on any atom is 0.416 e. The minimum atomic E-state index is -4.43. The van der Waals surface area contributed by atoms with Crippen LogP contribution in [0.2, 0.25) is 0 Å². The monoisotopic (exact) mass is 481 g/mol. The predicted octanol–water partition coefficient (Wildman–Crippen LogP) is 4.68. The van der Waals surface area contributed by atoms with Gasteiger partial charge < -0.3 is 9.40 Å². The topological polar surface area (TPSA) is 79.2 Å². The number of nitrogens with one attached hydrogen (secondary N) is 1. The van der Waals surface area contributed by atoms with Gasteiger partial charge in [-0.3, -0.25) is 14.5 Å². The molecule has 0 radical (unpaired) electrons. The molecule has 35 heavy (non-hydrogen) atoms. The van der Waals surface area contributed by atoms with Gasteiger partial charge in [-0.05, 0) is 36.2 Å². The van der Waals surface area contributed by atoms with Crippen LogP contribution in [-0.4, -0.2) is 21.4 Å². The number of hydrogen-bond donors (Lipinski definition) is 1. The number of aryl methyl sites for hydroxylation is 1. The summed E-state index contributed by atoms with van der Waals surface area (Å²) in [6, 6.07) is 10.1. The molecule has 1 aliphatic rings. The summed E-state index contributed by atoms with van der Waals surface area (Å²) >= 11 is 0. The molecular formula is C26H22F3N3O3. The lowest BCUT2D eigenvalue weighted by atomic mass is 10.0. The van der Waals surface area contributed by atoms with E-state index in [0.29, 0.717) is 59.4 Å². The molecule has 2 aromatic heterocycles. The lowest BCUT2D eigenvalue weighted by Crippen LogP contribution is -2.36. The Morgan fingerprint density at radius 2 is 1.89 bits per heavy atom. The van der Waals surface area contributed by atoms with Crippen LogP contribution in [0.1, 0.15) is 34.9 Å². The molecule has 1 aliphatic heterocycles. The van der Waals surface area contributed by atoms with Gasteiger partial charge >= 0.3 is 6.18 Å². The Morgan fingerprint density at radius 3 is 2.60 bits per heavy atom. The number of aromatic amines is 1. The smallest absolute Gasteiger partial charge is 0.416 e. The van der Waals surface area contributed by atoms with E-state index in [1.165, 1.54) is 18.4 Å². The molecule has 0 atom stereocenters. The Bertz CT molecular complexity index is 1520. The summed E-state index contributed by atoms with van der Waals surface area (Å²) < 4.78 is 44.2. The van der Waals surface area contributed by atoms with Crippen molar-refractivity contribution in [3.05, 3.63) is 97.3 Å². The van der Waals surface area contributed by atoms with Crippen molar-refractivity contribution in [2.75, 3.05) is 6.54 Å². The summed E-state index contributed by atoms with van der Waals surface area (Å²) in [5, 5.41) is 0.542. The van der Waals surface area contributed by atoms with Crippen molar-refractivity contribution >= 4 is 11.0 Å². The number of alkyl halides is 3. The van der Waals surface area contributed by atoms with E-state index in [4.69, 9.17) is 4.42 Å². The average Bonchev–Trinajstić information content (AvgIpc) is 2.85. The molecule has 0 unspecified atom stereocenters. The van der Waals surface area contributed by atoms with Crippen LogP contribution in [0, 0.1) is 0 Å². The molecule has 0 bridgehead atoms. The van der Waals surface area contributed by atoms with E-state index in [0.717, 1.165) is 24.1 Å². The van der Waals surface area contributed by atoms with Crippen LogP contribution in [0.5, 0.6) is 0 Å². The molecule has 3 heterocycles. The molecule has 5 rings (SSSR count). The van der Waals surface area contributed by atoms with Gasteiger partial charge in [0.1, 0.15) is 11.4 Å². The second-order valence-electron chi connectivity index (χ2n) is 8.65. The number of aromatic nitrogens is 2. The van der Waals surface area contributed by atoms with E-state index in [1.807, 2.05) is 24.0 Å². The van der Waals surface area contributed by atoms with Gasteiger partial charge in [-0.1, -0.05) is 25.1 Å². The van der Waals surface area contributed by atoms with Crippen molar-refractivity contribution < 1.29 is 17.6 Å². The van der Waals surface area contributed by atoms with Gasteiger partial charge in [0.25, 0.3) is 5.56 Å². The molecule has 9 heteroatoms. The van der Waals surface area contributed by atoms with Gasteiger partial charge in [0.05, 0.1) is 28.5 Å². The van der Waals surface area contributed by atoms with Crippen LogP contribution in [0.3, 0.4) is 0 Å². The van der Waals surface area contributed by atoms with Crippen molar-refractivity contribution in [2.45, 2.75) is 39.0 Å². The van der Waals surface area contributed by atoms with Crippen LogP contribution in [0.4, 0.5) is 13.2 Å². The average molecular weight is 481 g/mol. The van der Waals surface area contributed by atoms with Crippen LogP contribution in [0.15, 0.2) is 62.7 Å². The largest absolute Gasteiger partial charge is 0.464 e. The summed E-state index contributed by atoms with van der Waals surface area (Å²) in [6.45, 7) is 3.22. The van der Waals surface area contributed by atoms with E-state index < -0.39 is 11.7 Å². The molecule has 0 aliphatic carbocycles. The highest BCUT2D eigenvalue weighted by atomic mass is 19.4. The Balaban J connectivity index is 1.38. The van der Waals surface area contributed by atoms with Gasteiger partial charge in [0.15, 0.2) is 5.43 Å². The molecule has 180 valence electrons. The Hall–Kier alpha value is -3.72. The van der Waals surface area contributed by atoms with Gasteiger partial charge in [-0.15, -0.1) is 0 Å². The fourth-order valence-corrected chi connectivity index (χ4v) is 4.36. The quantitative estimate of drug-likeness (QED) is 0.458. The standard InChI is InChI=1S/C26H22F3N3O3/c1-2-15-3-8-22-19(11-15)23(33)17(14-35-22)12-32-10-9-21-20(13-32)25(34)31-24(30-21)16-4-6-18(7-5-16)26(27,28)29/h3-8,11,14H,2,9-10,12-13H2,1H3,(H,30,31,34). The number of rotatable bonds is 4. The van der Waals surface area contributed by atoms with Gasteiger partial charge in [-0.25, -0.2) is 4.98 Å². The molecule has 4 aromatic rings. The summed E-state index contributed by atoms with van der Waals surface area (Å²) in [7, 11) is 0. The molecule has 0 saturated heterocycles. The third-order valence-electron chi connectivity index (χ3n) is 6.34. The number of nitrogens with zero attached hydrogens (tertiary/aromatic N) is 2. The third kappa shape index (κ3) is 4.51. The lowest BCUT2D eigenvalue weighted by molar-refractivity contribution is -0.137. The Kier molecular flexibility index (Phi) is 5.80. The molecule has 0 amide bonds. The van der Waals surface area contributed by atoms with Crippen LogP contribution < -0.4 is 11.0 Å². The second kappa shape index (κ2) is 8.81. The van der Waals surface area contributed by atoms with Crippen molar-refractivity contribution in [3.8, 4) is 11.4 Å². The summed E-state index contributed by atoms with van der Waals surface area (Å²) in [4.78, 5) is 35.0. The highest BCUT2D eigenvalue weighted by Gasteiger charge is 2.30. The van der Waals surface area contributed by atoms with E-state index in [9.17, 15) is 22.8 Å². The molecule has 0 fully saturated rings. The van der Waals surface area contributed by atoms with Crippen molar-refractivity contribution in [1.82, 2.24) is 14.9 Å². The van der Waals surface area contributed by atoms with Crippen LogP contribution >= 0.6 is 0 Å². The summed E-state index contributed by atoms with van der Waals surface area (Å²) in [5.41, 5.74) is 2.42. The normalized spacial score (nSPS) is 14.3. The summed E-state index contributed by atoms with van der Waals surface area (Å²) in [5.74, 6) is 0.234. The fraction of sp³-hybridized carbons (Fsp3) is 0.269. The lowest BCUT2D eigenvalue weighted by Gasteiger charge is -2.27. The molecular weight excluding hydrogens is 459 g/mol. The first kappa shape index (κ1) is 23.0. The first-order valence-electron chi connectivity index (χ1n) is 11.3. The van der Waals surface area contributed by atoms with Crippen LogP contribution in [-0.2, 0) is 32.1 Å². The zero-order chi connectivity index (χ0) is 24.7. The minimum absolute atomic E-state index is 0.0861. The Labute approximate surface area is 198 Å². The van der Waals surface area contributed by atoms with Crippen LogP contribution in [0.25, 0.3) is 22.4 Å². The zero-order valence-electron chi connectivity index (χ0n) is 18.9. The van der Waals surface area contributed by atoms with E-state index in [2.05, 4.69) is 9.97 Å². The van der Waals surface area contributed by atoms with Gasteiger partial charge in [0, 0.05) is 37.2 Å². The maximum absolute atomic E-state index is 13.0.